The molecule has 1 unspecified atom stereocenters. The maximum absolute atomic E-state index is 3.55. The lowest BCUT2D eigenvalue weighted by atomic mass is 9.97. The molecule has 2 aliphatic rings. The highest BCUT2D eigenvalue weighted by Crippen LogP contribution is 2.30. The Bertz CT molecular complexity index is 954. The summed E-state index contributed by atoms with van der Waals surface area (Å²) in [6.45, 7) is 0. The number of rotatable bonds is 2. The molecule has 26 heavy (non-hydrogen) atoms. The van der Waals surface area contributed by atoms with Crippen LogP contribution >= 0.6 is 11.9 Å². The van der Waals surface area contributed by atoms with Gasteiger partial charge in [-0.2, -0.15) is 0 Å². The van der Waals surface area contributed by atoms with E-state index in [1.807, 2.05) is 12.1 Å². The predicted octanol–water partition coefficient (Wildman–Crippen LogP) is 5.05. The van der Waals surface area contributed by atoms with Gasteiger partial charge < -0.3 is 0 Å². The Morgan fingerprint density at radius 2 is 1.73 bits per heavy atom. The van der Waals surface area contributed by atoms with Crippen LogP contribution in [0.4, 0.5) is 0 Å². The number of benzene rings is 2. The van der Waals surface area contributed by atoms with Gasteiger partial charge in [0.25, 0.3) is 0 Å². The minimum absolute atomic E-state index is 0.282. The van der Waals surface area contributed by atoms with Crippen molar-refractivity contribution in [3.05, 3.63) is 112 Å². The van der Waals surface area contributed by atoms with Crippen LogP contribution in [0.3, 0.4) is 0 Å². The largest absolute Gasteiger partial charge is 0.260 e. The van der Waals surface area contributed by atoms with Crippen molar-refractivity contribution in [1.82, 2.24) is 4.72 Å². The summed E-state index contributed by atoms with van der Waals surface area (Å²) >= 11 is 1.15. The number of allylic oxidation sites excluding steroid dienone is 3. The van der Waals surface area contributed by atoms with E-state index in [1.165, 1.54) is 21.6 Å². The first-order chi connectivity index (χ1) is 12.9. The lowest BCUT2D eigenvalue weighted by Gasteiger charge is -2.25. The zero-order valence-electron chi connectivity index (χ0n) is 14.4. The molecule has 1 aliphatic heterocycles. The van der Waals surface area contributed by atoms with Gasteiger partial charge in [-0.1, -0.05) is 78.6 Å². The molecular weight excluding hydrogens is 334 g/mol. The van der Waals surface area contributed by atoms with Gasteiger partial charge in [-0.3, -0.25) is 4.72 Å². The summed E-state index contributed by atoms with van der Waals surface area (Å²) in [6.07, 6.45) is 11.8. The Morgan fingerprint density at radius 3 is 2.54 bits per heavy atom. The van der Waals surface area contributed by atoms with Crippen LogP contribution in [0, 0.1) is 11.8 Å². The van der Waals surface area contributed by atoms with Crippen molar-refractivity contribution in [3.8, 4) is 11.8 Å². The Labute approximate surface area is 159 Å². The maximum atomic E-state index is 3.55. The molecule has 0 aromatic heterocycles. The van der Waals surface area contributed by atoms with Gasteiger partial charge in [-0.25, -0.2) is 0 Å². The van der Waals surface area contributed by atoms with Gasteiger partial charge in [0.15, 0.2) is 0 Å². The van der Waals surface area contributed by atoms with E-state index in [4.69, 9.17) is 0 Å². The molecule has 127 valence electrons. The molecule has 1 aliphatic carbocycles. The van der Waals surface area contributed by atoms with Crippen LogP contribution in [0.2, 0.25) is 0 Å². The standard InChI is InChI=1S/C24H20NS/c1-3-8-19(9-4-1)12-7-13-21-14-15-24-22(16-21)18-23(26-25-24)17-20-10-5-2-6-11-20/h1-6,8-11,14-18,24-26H,12H2/b23-17-. The van der Waals surface area contributed by atoms with E-state index in [1.54, 1.807) is 0 Å². The normalized spacial score (nSPS) is 19.8. The number of nitrogens with one attached hydrogen (secondary N) is 1. The molecule has 0 saturated carbocycles. The topological polar surface area (TPSA) is 12.0 Å². The van der Waals surface area contributed by atoms with Crippen molar-refractivity contribution in [2.75, 3.05) is 0 Å². The number of hydrogen-bond donors (Lipinski definition) is 2. The zero-order chi connectivity index (χ0) is 17.6. The van der Waals surface area contributed by atoms with Crippen molar-refractivity contribution in [1.29, 1.82) is 0 Å². The average molecular weight is 354 g/mol. The molecule has 0 fully saturated rings. The monoisotopic (exact) mass is 354 g/mol. The summed E-state index contributed by atoms with van der Waals surface area (Å²) in [7, 11) is 0. The van der Waals surface area contributed by atoms with Crippen LogP contribution in [-0.4, -0.2) is 6.04 Å². The Morgan fingerprint density at radius 1 is 0.962 bits per heavy atom. The minimum Gasteiger partial charge on any atom is -0.260 e. The lowest BCUT2D eigenvalue weighted by molar-refractivity contribution is 0.885. The summed E-state index contributed by atoms with van der Waals surface area (Å²) in [6, 6.07) is 21.1. The summed E-state index contributed by atoms with van der Waals surface area (Å²) in [5, 5.41) is 0. The molecule has 1 atom stereocenters. The van der Waals surface area contributed by atoms with Crippen LogP contribution in [0.15, 0.2) is 101 Å². The number of fused-ring (bicyclic) bond motifs is 1. The van der Waals surface area contributed by atoms with Gasteiger partial charge in [0.1, 0.15) is 0 Å². The molecule has 0 saturated heterocycles. The van der Waals surface area contributed by atoms with E-state index < -0.39 is 0 Å². The highest BCUT2D eigenvalue weighted by atomic mass is 32.2. The Hall–Kier alpha value is -2.73. The Kier molecular flexibility index (Phi) is 5.21. The van der Waals surface area contributed by atoms with Crippen LogP contribution < -0.4 is 4.72 Å². The van der Waals surface area contributed by atoms with Crippen LogP contribution in [0.1, 0.15) is 11.1 Å². The van der Waals surface area contributed by atoms with Crippen molar-refractivity contribution < 1.29 is 0 Å². The second-order valence-electron chi connectivity index (χ2n) is 6.27. The van der Waals surface area contributed by atoms with E-state index in [9.17, 15) is 0 Å². The van der Waals surface area contributed by atoms with Crippen molar-refractivity contribution in [2.24, 2.45) is 0 Å². The first-order valence-electron chi connectivity index (χ1n) is 8.74. The van der Waals surface area contributed by atoms with Crippen LogP contribution in [0.5, 0.6) is 0 Å². The fourth-order valence-electron chi connectivity index (χ4n) is 2.94. The summed E-state index contributed by atoms with van der Waals surface area (Å²) in [4.78, 5) is 1.27. The first-order valence-corrected chi connectivity index (χ1v) is 9.63. The van der Waals surface area contributed by atoms with Gasteiger partial charge in [0.2, 0.25) is 0 Å². The predicted molar refractivity (Wildman–Crippen MR) is 114 cm³/mol. The smallest absolute Gasteiger partial charge is 0.0599 e. The third-order valence-corrected chi connectivity index (χ3v) is 5.20. The summed E-state index contributed by atoms with van der Waals surface area (Å²) in [5.41, 5.74) is 4.83. The molecule has 0 spiro atoms. The molecule has 1 nitrogen and oxygen atoms in total. The molecule has 1 N–H and O–H groups in total. The first kappa shape index (κ1) is 16.7. The average Bonchev–Trinajstić information content (AvgIpc) is 2.69. The third-order valence-electron chi connectivity index (χ3n) is 4.28. The third kappa shape index (κ3) is 4.26. The summed E-state index contributed by atoms with van der Waals surface area (Å²) in [5.74, 6) is 6.59. The minimum atomic E-state index is 0.282. The van der Waals surface area contributed by atoms with E-state index in [0.29, 0.717) is 0 Å². The van der Waals surface area contributed by atoms with Gasteiger partial charge in [-0.15, -0.1) is 11.9 Å². The van der Waals surface area contributed by atoms with Gasteiger partial charge in [0.05, 0.1) is 6.04 Å². The lowest BCUT2D eigenvalue weighted by Crippen LogP contribution is -2.27. The van der Waals surface area contributed by atoms with Crippen molar-refractivity contribution >= 4 is 18.0 Å². The molecule has 1 heterocycles. The molecular formula is C24H20NS. The van der Waals surface area contributed by atoms with E-state index in [0.717, 1.165) is 23.9 Å². The van der Waals surface area contributed by atoms with E-state index in [-0.39, 0.29) is 6.04 Å². The SMILES string of the molecule is C(#CC1=CC2=C/C(=C/c3ccccc3)[SH]NC2C=C1)Cc1ccccc1. The molecule has 1 radical (unpaired) electrons. The number of hydrogen-bond acceptors (Lipinski definition) is 1. The molecule has 2 aromatic carbocycles. The second-order valence-corrected chi connectivity index (χ2v) is 7.26. The van der Waals surface area contributed by atoms with Crippen molar-refractivity contribution in [2.45, 2.75) is 12.5 Å². The quantitative estimate of drug-likeness (QED) is 0.568. The van der Waals surface area contributed by atoms with Gasteiger partial charge in [-0.05, 0) is 41.0 Å². The molecule has 4 rings (SSSR count). The van der Waals surface area contributed by atoms with Crippen LogP contribution in [0.25, 0.3) is 6.08 Å². The summed E-state index contributed by atoms with van der Waals surface area (Å²) < 4.78 is 3.55. The molecule has 0 bridgehead atoms. The second kappa shape index (κ2) is 8.10. The zero-order valence-corrected chi connectivity index (χ0v) is 15.3. The highest BCUT2D eigenvalue weighted by Gasteiger charge is 2.17. The molecule has 2 heteroatoms. The molecule has 2 aromatic rings. The highest BCUT2D eigenvalue weighted by molar-refractivity contribution is 8.01. The van der Waals surface area contributed by atoms with E-state index >= 15 is 0 Å². The van der Waals surface area contributed by atoms with Crippen LogP contribution in [-0.2, 0) is 6.42 Å². The number of thiol groups is 1. The fourth-order valence-corrected chi connectivity index (χ4v) is 3.89. The van der Waals surface area contributed by atoms with Gasteiger partial charge in [0, 0.05) is 16.9 Å². The van der Waals surface area contributed by atoms with Crippen molar-refractivity contribution in [3.63, 3.8) is 0 Å². The fraction of sp³-hybridized carbons (Fsp3) is 0.0833. The Balaban J connectivity index is 1.52. The van der Waals surface area contributed by atoms with Gasteiger partial charge >= 0.3 is 0 Å². The maximum Gasteiger partial charge on any atom is 0.0599 e. The molecule has 0 amide bonds. The van der Waals surface area contributed by atoms with E-state index in [2.05, 4.69) is 95.5 Å².